The van der Waals surface area contributed by atoms with Crippen LogP contribution < -0.4 is 9.46 Å². The highest BCUT2D eigenvalue weighted by molar-refractivity contribution is 7.92. The molecule has 1 saturated carbocycles. The molecule has 0 aromatic heterocycles. The number of anilines is 1. The molecule has 2 aromatic rings. The van der Waals surface area contributed by atoms with Gasteiger partial charge < -0.3 is 4.74 Å². The summed E-state index contributed by atoms with van der Waals surface area (Å²) in [5, 5.41) is 0. The third kappa shape index (κ3) is 3.70. The van der Waals surface area contributed by atoms with Crippen molar-refractivity contribution in [2.75, 3.05) is 18.1 Å². The summed E-state index contributed by atoms with van der Waals surface area (Å²) >= 11 is 0. The smallest absolute Gasteiger partial charge is 0.229 e. The summed E-state index contributed by atoms with van der Waals surface area (Å²) in [5.41, 5.74) is 2.52. The minimum atomic E-state index is -3.32. The molecule has 0 amide bonds. The number of hydrogen-bond acceptors (Lipinski definition) is 3. The second kappa shape index (κ2) is 6.43. The van der Waals surface area contributed by atoms with Crippen LogP contribution in [0.5, 0.6) is 5.75 Å². The molecule has 1 aliphatic carbocycles. The van der Waals surface area contributed by atoms with Gasteiger partial charge in [0, 0.05) is 5.69 Å². The molecule has 0 bridgehead atoms. The molecule has 0 atom stereocenters. The Balaban J connectivity index is 1.79. The summed E-state index contributed by atoms with van der Waals surface area (Å²) < 4.78 is 44.1. The molecule has 3 rings (SSSR count). The number of halogens is 1. The minimum absolute atomic E-state index is 0.215. The van der Waals surface area contributed by atoms with E-state index in [1.165, 1.54) is 6.07 Å². The molecule has 0 radical (unpaired) electrons. The number of sulfonamides is 1. The first-order chi connectivity index (χ1) is 11.4. The van der Waals surface area contributed by atoms with E-state index >= 15 is 0 Å². The van der Waals surface area contributed by atoms with Crippen LogP contribution in [0.2, 0.25) is 0 Å². The topological polar surface area (TPSA) is 55.4 Å². The lowest BCUT2D eigenvalue weighted by molar-refractivity contribution is 0.332. The van der Waals surface area contributed by atoms with Crippen molar-refractivity contribution in [1.82, 2.24) is 0 Å². The summed E-state index contributed by atoms with van der Waals surface area (Å²) in [6, 6.07) is 12.0. The van der Waals surface area contributed by atoms with E-state index in [0.717, 1.165) is 36.0 Å². The maximum absolute atomic E-state index is 13.4. The van der Waals surface area contributed by atoms with Gasteiger partial charge in [0.05, 0.1) is 13.4 Å². The van der Waals surface area contributed by atoms with E-state index in [2.05, 4.69) is 4.72 Å². The van der Waals surface area contributed by atoms with E-state index in [1.54, 1.807) is 31.4 Å². The third-order valence-electron chi connectivity index (χ3n) is 4.43. The van der Waals surface area contributed by atoms with Crippen molar-refractivity contribution in [2.24, 2.45) is 0 Å². The Labute approximate surface area is 141 Å². The average Bonchev–Trinajstić information content (AvgIpc) is 2.44. The van der Waals surface area contributed by atoms with Crippen molar-refractivity contribution in [1.29, 1.82) is 0 Å². The van der Waals surface area contributed by atoms with E-state index < -0.39 is 10.0 Å². The van der Waals surface area contributed by atoms with Gasteiger partial charge in [-0.3, -0.25) is 4.72 Å². The zero-order chi connectivity index (χ0) is 17.3. The zero-order valence-electron chi connectivity index (χ0n) is 13.6. The molecule has 1 fully saturated rings. The van der Waals surface area contributed by atoms with Gasteiger partial charge >= 0.3 is 0 Å². The molecule has 1 N–H and O–H groups in total. The molecule has 4 nitrogen and oxygen atoms in total. The van der Waals surface area contributed by atoms with Crippen molar-refractivity contribution in [3.05, 3.63) is 59.4 Å². The van der Waals surface area contributed by atoms with Crippen LogP contribution in [0, 0.1) is 5.82 Å². The second-order valence-electron chi connectivity index (χ2n) is 6.25. The second-order valence-corrected chi connectivity index (χ2v) is 8.00. The van der Waals surface area contributed by atoms with Crippen LogP contribution >= 0.6 is 0 Å². The van der Waals surface area contributed by atoms with Gasteiger partial charge in [-0.2, -0.15) is 0 Å². The lowest BCUT2D eigenvalue weighted by atomic mass is 9.68. The normalized spacial score (nSPS) is 20.3. The monoisotopic (exact) mass is 349 g/mol. The van der Waals surface area contributed by atoms with Crippen LogP contribution in [0.4, 0.5) is 10.1 Å². The third-order valence-corrected chi connectivity index (χ3v) is 5.04. The van der Waals surface area contributed by atoms with Crippen LogP contribution in [0.1, 0.15) is 35.8 Å². The summed E-state index contributed by atoms with van der Waals surface area (Å²) in [5.74, 6) is 1.13. The van der Waals surface area contributed by atoms with E-state index in [9.17, 15) is 12.8 Å². The summed E-state index contributed by atoms with van der Waals surface area (Å²) in [6.07, 6.45) is 2.91. The van der Waals surface area contributed by atoms with Gasteiger partial charge in [0.25, 0.3) is 0 Å². The molecule has 0 saturated heterocycles. The molecule has 128 valence electrons. The number of methoxy groups -OCH3 is 1. The number of nitrogens with one attached hydrogen (secondary N) is 1. The quantitative estimate of drug-likeness (QED) is 0.891. The lowest BCUT2D eigenvalue weighted by Crippen LogP contribution is -2.21. The molecule has 6 heteroatoms. The molecule has 0 aliphatic heterocycles. The summed E-state index contributed by atoms with van der Waals surface area (Å²) in [6.45, 7) is 0. The SMILES string of the molecule is COc1ccc(NS(C)(=O)=O)cc1[C@H]1C[C@H](c2cccc(F)c2)C1. The molecule has 0 heterocycles. The Morgan fingerprint density at radius 1 is 1.12 bits per heavy atom. The summed E-state index contributed by atoms with van der Waals surface area (Å²) in [4.78, 5) is 0. The van der Waals surface area contributed by atoms with E-state index in [0.29, 0.717) is 11.6 Å². The average molecular weight is 349 g/mol. The van der Waals surface area contributed by atoms with Gasteiger partial charge in [-0.15, -0.1) is 0 Å². The van der Waals surface area contributed by atoms with Crippen molar-refractivity contribution >= 4 is 15.7 Å². The number of hydrogen-bond donors (Lipinski definition) is 1. The molecule has 1 aliphatic rings. The first kappa shape index (κ1) is 16.8. The van der Waals surface area contributed by atoms with Crippen molar-refractivity contribution in [3.63, 3.8) is 0 Å². The molecule has 0 spiro atoms. The molecule has 2 aromatic carbocycles. The van der Waals surface area contributed by atoms with E-state index in [4.69, 9.17) is 4.74 Å². The standard InChI is InChI=1S/C18H20FNO3S/c1-23-18-7-6-16(20-24(2,21)22)11-17(18)14-8-13(9-14)12-4-3-5-15(19)10-12/h3-7,10-11,13-14,20H,8-9H2,1-2H3/t13-,14-. The van der Waals surface area contributed by atoms with Crippen LogP contribution in [-0.4, -0.2) is 21.8 Å². The first-order valence-electron chi connectivity index (χ1n) is 7.77. The maximum atomic E-state index is 13.4. The highest BCUT2D eigenvalue weighted by Crippen LogP contribution is 2.50. The van der Waals surface area contributed by atoms with Crippen molar-refractivity contribution < 1.29 is 17.5 Å². The van der Waals surface area contributed by atoms with Crippen LogP contribution in [0.3, 0.4) is 0 Å². The summed E-state index contributed by atoms with van der Waals surface area (Å²) in [7, 11) is -1.72. The highest BCUT2D eigenvalue weighted by Gasteiger charge is 2.33. The fourth-order valence-corrected chi connectivity index (χ4v) is 3.79. The van der Waals surface area contributed by atoms with E-state index in [-0.39, 0.29) is 11.7 Å². The largest absolute Gasteiger partial charge is 0.496 e. The number of benzene rings is 2. The molecular weight excluding hydrogens is 329 g/mol. The highest BCUT2D eigenvalue weighted by atomic mass is 32.2. The van der Waals surface area contributed by atoms with Gasteiger partial charge in [0.15, 0.2) is 0 Å². The van der Waals surface area contributed by atoms with Gasteiger partial charge in [-0.25, -0.2) is 12.8 Å². The molecule has 24 heavy (non-hydrogen) atoms. The van der Waals surface area contributed by atoms with Crippen molar-refractivity contribution in [3.8, 4) is 5.75 Å². The van der Waals surface area contributed by atoms with Crippen LogP contribution in [0.25, 0.3) is 0 Å². The predicted octanol–water partition coefficient (Wildman–Crippen LogP) is 3.87. The van der Waals surface area contributed by atoms with Gasteiger partial charge in [0.1, 0.15) is 11.6 Å². The number of ether oxygens (including phenoxy) is 1. The van der Waals surface area contributed by atoms with Crippen LogP contribution in [-0.2, 0) is 10.0 Å². The minimum Gasteiger partial charge on any atom is -0.496 e. The zero-order valence-corrected chi connectivity index (χ0v) is 14.4. The number of rotatable bonds is 5. The fraction of sp³-hybridized carbons (Fsp3) is 0.333. The van der Waals surface area contributed by atoms with Crippen molar-refractivity contribution in [2.45, 2.75) is 24.7 Å². The first-order valence-corrected chi connectivity index (χ1v) is 9.66. The lowest BCUT2D eigenvalue weighted by Gasteiger charge is -2.37. The molecular formula is C18H20FNO3S. The molecule has 0 unspecified atom stereocenters. The Morgan fingerprint density at radius 3 is 2.50 bits per heavy atom. The van der Waals surface area contributed by atoms with E-state index in [1.807, 2.05) is 12.1 Å². The Morgan fingerprint density at radius 2 is 1.88 bits per heavy atom. The predicted molar refractivity (Wildman–Crippen MR) is 92.6 cm³/mol. The fourth-order valence-electron chi connectivity index (χ4n) is 3.24. The van der Waals surface area contributed by atoms with Gasteiger partial charge in [-0.1, -0.05) is 12.1 Å². The van der Waals surface area contributed by atoms with Gasteiger partial charge in [-0.05, 0) is 66.1 Å². The Hall–Kier alpha value is -2.08. The maximum Gasteiger partial charge on any atom is 0.229 e. The Bertz CT molecular complexity index is 845. The Kier molecular flexibility index (Phi) is 4.49. The van der Waals surface area contributed by atoms with Crippen LogP contribution in [0.15, 0.2) is 42.5 Å². The van der Waals surface area contributed by atoms with Gasteiger partial charge in [0.2, 0.25) is 10.0 Å².